The number of halogens is 2. The van der Waals surface area contributed by atoms with Crippen molar-refractivity contribution in [3.63, 3.8) is 0 Å². The van der Waals surface area contributed by atoms with Gasteiger partial charge in [0, 0.05) is 12.6 Å². The molecule has 0 bridgehead atoms. The number of hydrogen-bond donors (Lipinski definition) is 1. The lowest BCUT2D eigenvalue weighted by Gasteiger charge is -2.36. The molecule has 6 heteroatoms. The molecule has 0 saturated heterocycles. The molecule has 3 rings (SSSR count). The van der Waals surface area contributed by atoms with Crippen LogP contribution >= 0.6 is 23.2 Å². The highest BCUT2D eigenvalue weighted by Crippen LogP contribution is 2.39. The number of nitrogens with zero attached hydrogens (tertiary/aromatic N) is 2. The Hall–Kier alpha value is -0.970. The summed E-state index contributed by atoms with van der Waals surface area (Å²) in [6, 6.07) is 3.92. The minimum atomic E-state index is 0.328. The summed E-state index contributed by atoms with van der Waals surface area (Å²) in [7, 11) is 0. The van der Waals surface area contributed by atoms with E-state index < -0.39 is 0 Å². The van der Waals surface area contributed by atoms with Gasteiger partial charge in [-0.2, -0.15) is 0 Å². The van der Waals surface area contributed by atoms with Gasteiger partial charge in [0.15, 0.2) is 0 Å². The first kappa shape index (κ1) is 13.0. The highest BCUT2D eigenvalue weighted by Gasteiger charge is 2.33. The number of benzene rings is 1. The Morgan fingerprint density at radius 3 is 2.74 bits per heavy atom. The van der Waals surface area contributed by atoms with Crippen molar-refractivity contribution < 1.29 is 4.74 Å². The van der Waals surface area contributed by atoms with Crippen molar-refractivity contribution in [2.45, 2.75) is 31.9 Å². The molecule has 102 valence electrons. The van der Waals surface area contributed by atoms with Crippen molar-refractivity contribution in [2.75, 3.05) is 12.3 Å². The van der Waals surface area contributed by atoms with Crippen LogP contribution in [0.4, 0.5) is 5.95 Å². The molecule has 2 aromatic rings. The Kier molecular flexibility index (Phi) is 3.33. The quantitative estimate of drug-likeness (QED) is 0.941. The average molecular weight is 300 g/mol. The summed E-state index contributed by atoms with van der Waals surface area (Å²) in [4.78, 5) is 4.35. The second-order valence-corrected chi connectivity index (χ2v) is 5.61. The number of rotatable bonds is 3. The Balaban J connectivity index is 1.96. The number of anilines is 1. The zero-order valence-corrected chi connectivity index (χ0v) is 12.1. The molecule has 0 radical (unpaired) electrons. The first-order valence-corrected chi connectivity index (χ1v) is 7.09. The van der Waals surface area contributed by atoms with Crippen LogP contribution in [0.3, 0.4) is 0 Å². The zero-order valence-electron chi connectivity index (χ0n) is 10.6. The maximum Gasteiger partial charge on any atom is 0.201 e. The maximum atomic E-state index is 6.07. The number of aromatic nitrogens is 2. The summed E-state index contributed by atoms with van der Waals surface area (Å²) >= 11 is 12.1. The van der Waals surface area contributed by atoms with E-state index in [2.05, 4.69) is 4.98 Å². The fourth-order valence-corrected chi connectivity index (χ4v) is 2.93. The van der Waals surface area contributed by atoms with Crippen LogP contribution in [0.5, 0.6) is 0 Å². The standard InChI is InChI=1S/C13H15Cl2N3O/c1-2-19-8-3-7(4-8)18-12-6-10(15)9(14)5-11(12)17-13(18)16/h5-8H,2-4H2,1H3,(H2,16,17). The molecule has 0 aliphatic heterocycles. The lowest BCUT2D eigenvalue weighted by Crippen LogP contribution is -2.33. The summed E-state index contributed by atoms with van der Waals surface area (Å²) in [5.41, 5.74) is 7.73. The monoisotopic (exact) mass is 299 g/mol. The maximum absolute atomic E-state index is 6.07. The predicted molar refractivity (Wildman–Crippen MR) is 77.9 cm³/mol. The van der Waals surface area contributed by atoms with Gasteiger partial charge in [-0.15, -0.1) is 0 Å². The lowest BCUT2D eigenvalue weighted by molar-refractivity contribution is -0.0181. The fraction of sp³-hybridized carbons (Fsp3) is 0.462. The molecule has 4 nitrogen and oxygen atoms in total. The van der Waals surface area contributed by atoms with Crippen molar-refractivity contribution in [1.29, 1.82) is 0 Å². The minimum absolute atomic E-state index is 0.328. The molecule has 1 aromatic carbocycles. The minimum Gasteiger partial charge on any atom is -0.378 e. The van der Waals surface area contributed by atoms with Crippen LogP contribution in [0.15, 0.2) is 12.1 Å². The first-order chi connectivity index (χ1) is 9.10. The number of ether oxygens (including phenoxy) is 1. The van der Waals surface area contributed by atoms with Gasteiger partial charge in [-0.05, 0) is 31.9 Å². The highest BCUT2D eigenvalue weighted by molar-refractivity contribution is 6.42. The Morgan fingerprint density at radius 1 is 1.37 bits per heavy atom. The van der Waals surface area contributed by atoms with Crippen LogP contribution in [-0.2, 0) is 4.74 Å². The zero-order chi connectivity index (χ0) is 13.6. The number of fused-ring (bicyclic) bond motifs is 1. The van der Waals surface area contributed by atoms with E-state index in [1.165, 1.54) is 0 Å². The molecule has 1 aromatic heterocycles. The Morgan fingerprint density at radius 2 is 2.05 bits per heavy atom. The number of imidazole rings is 1. The SMILES string of the molecule is CCOC1CC(n2c(N)nc3cc(Cl)c(Cl)cc32)C1. The van der Waals surface area contributed by atoms with Crippen molar-refractivity contribution in [3.8, 4) is 0 Å². The topological polar surface area (TPSA) is 53.1 Å². The Bertz CT molecular complexity index is 620. The summed E-state index contributed by atoms with van der Waals surface area (Å²) < 4.78 is 7.61. The second kappa shape index (κ2) is 4.85. The van der Waals surface area contributed by atoms with Gasteiger partial charge in [0.1, 0.15) is 0 Å². The second-order valence-electron chi connectivity index (χ2n) is 4.80. The van der Waals surface area contributed by atoms with E-state index in [1.54, 1.807) is 6.07 Å². The van der Waals surface area contributed by atoms with Gasteiger partial charge in [-0.3, -0.25) is 0 Å². The molecule has 0 amide bonds. The average Bonchev–Trinajstić information content (AvgIpc) is 2.60. The van der Waals surface area contributed by atoms with Gasteiger partial charge >= 0.3 is 0 Å². The molecule has 0 unspecified atom stereocenters. The van der Waals surface area contributed by atoms with Gasteiger partial charge in [-0.1, -0.05) is 23.2 Å². The summed E-state index contributed by atoms with van der Waals surface area (Å²) in [6.45, 7) is 2.76. The molecule has 1 fully saturated rings. The van der Waals surface area contributed by atoms with E-state index in [4.69, 9.17) is 33.7 Å². The van der Waals surface area contributed by atoms with E-state index in [-0.39, 0.29) is 0 Å². The predicted octanol–water partition coefficient (Wildman–Crippen LogP) is 3.67. The number of nitrogen functional groups attached to an aromatic ring is 1. The fourth-order valence-electron chi connectivity index (χ4n) is 2.61. The van der Waals surface area contributed by atoms with E-state index >= 15 is 0 Å². The summed E-state index contributed by atoms with van der Waals surface area (Å²) in [6.07, 6.45) is 2.25. The lowest BCUT2D eigenvalue weighted by atomic mass is 9.89. The molecule has 1 heterocycles. The van der Waals surface area contributed by atoms with E-state index in [1.807, 2.05) is 17.6 Å². The van der Waals surface area contributed by atoms with Crippen molar-refractivity contribution in [1.82, 2.24) is 9.55 Å². The molecule has 1 aliphatic rings. The third-order valence-corrected chi connectivity index (χ3v) is 4.32. The molecule has 2 N–H and O–H groups in total. The van der Waals surface area contributed by atoms with Crippen LogP contribution in [0, 0.1) is 0 Å². The summed E-state index contributed by atoms with van der Waals surface area (Å²) in [5, 5.41) is 1.02. The van der Waals surface area contributed by atoms with E-state index in [9.17, 15) is 0 Å². The van der Waals surface area contributed by atoms with Gasteiger partial charge < -0.3 is 15.0 Å². The molecular weight excluding hydrogens is 285 g/mol. The highest BCUT2D eigenvalue weighted by atomic mass is 35.5. The van der Waals surface area contributed by atoms with Crippen LogP contribution < -0.4 is 5.73 Å². The Labute approximate surface area is 121 Å². The van der Waals surface area contributed by atoms with Crippen LogP contribution in [0.1, 0.15) is 25.8 Å². The smallest absolute Gasteiger partial charge is 0.201 e. The first-order valence-electron chi connectivity index (χ1n) is 6.34. The van der Waals surface area contributed by atoms with Crippen LogP contribution in [0.2, 0.25) is 10.0 Å². The van der Waals surface area contributed by atoms with Gasteiger partial charge in [0.2, 0.25) is 5.95 Å². The third-order valence-electron chi connectivity index (χ3n) is 3.60. The molecule has 19 heavy (non-hydrogen) atoms. The molecule has 1 saturated carbocycles. The van der Waals surface area contributed by atoms with Crippen molar-refractivity contribution >= 4 is 40.2 Å². The van der Waals surface area contributed by atoms with Gasteiger partial charge in [-0.25, -0.2) is 4.98 Å². The number of hydrogen-bond acceptors (Lipinski definition) is 3. The third kappa shape index (κ3) is 2.18. The van der Waals surface area contributed by atoms with Gasteiger partial charge in [0.05, 0.1) is 27.2 Å². The number of nitrogens with two attached hydrogens (primary N) is 1. The van der Waals surface area contributed by atoms with Gasteiger partial charge in [0.25, 0.3) is 0 Å². The van der Waals surface area contributed by atoms with E-state index in [0.717, 1.165) is 30.5 Å². The molecule has 0 spiro atoms. The van der Waals surface area contributed by atoms with Crippen molar-refractivity contribution in [3.05, 3.63) is 22.2 Å². The molecule has 1 aliphatic carbocycles. The van der Waals surface area contributed by atoms with E-state index in [0.29, 0.717) is 28.1 Å². The largest absolute Gasteiger partial charge is 0.378 e. The summed E-state index contributed by atoms with van der Waals surface area (Å²) in [5.74, 6) is 0.508. The normalized spacial score (nSPS) is 22.7. The van der Waals surface area contributed by atoms with Crippen LogP contribution in [0.25, 0.3) is 11.0 Å². The molecular formula is C13H15Cl2N3O. The molecule has 0 atom stereocenters. The van der Waals surface area contributed by atoms with Crippen LogP contribution in [-0.4, -0.2) is 22.3 Å². The van der Waals surface area contributed by atoms with Crippen molar-refractivity contribution in [2.24, 2.45) is 0 Å².